The van der Waals surface area contributed by atoms with E-state index in [0.717, 1.165) is 0 Å². The summed E-state index contributed by atoms with van der Waals surface area (Å²) < 4.78 is 4.52. The van der Waals surface area contributed by atoms with Crippen LogP contribution in [0.25, 0.3) is 0 Å². The Morgan fingerprint density at radius 3 is 2.67 bits per heavy atom. The van der Waals surface area contributed by atoms with Crippen molar-refractivity contribution < 1.29 is 14.3 Å². The molecule has 4 N–H and O–H groups in total. The van der Waals surface area contributed by atoms with Gasteiger partial charge in [0.2, 0.25) is 5.91 Å². The number of anilines is 1. The van der Waals surface area contributed by atoms with Crippen LogP contribution in [0, 0.1) is 0 Å². The smallest absolute Gasteiger partial charge is 0.306 e. The number of rotatable bonds is 5. The third-order valence-corrected chi connectivity index (χ3v) is 3.66. The van der Waals surface area contributed by atoms with E-state index in [2.05, 4.69) is 4.74 Å². The summed E-state index contributed by atoms with van der Waals surface area (Å²) in [6.45, 7) is 0. The quantitative estimate of drug-likeness (QED) is 0.488. The average molecular weight is 289 g/mol. The summed E-state index contributed by atoms with van der Waals surface area (Å²) in [6.07, 6.45) is 0.222. The maximum absolute atomic E-state index is 11.3. The summed E-state index contributed by atoms with van der Waals surface area (Å²) >= 11 is 7.27. The molecule has 98 valence electrons. The lowest BCUT2D eigenvalue weighted by Gasteiger charge is -2.09. The van der Waals surface area contributed by atoms with E-state index in [1.54, 1.807) is 0 Å². The number of primary amides is 1. The third-order valence-electron chi connectivity index (χ3n) is 2.11. The van der Waals surface area contributed by atoms with Crippen molar-refractivity contribution in [3.05, 3.63) is 22.7 Å². The zero-order valence-corrected chi connectivity index (χ0v) is 11.3. The molecular weight excluding hydrogens is 276 g/mol. The molecule has 0 saturated heterocycles. The number of nitrogens with two attached hydrogens (primary N) is 2. The molecule has 1 aromatic carbocycles. The van der Waals surface area contributed by atoms with Crippen LogP contribution in [0.2, 0.25) is 5.02 Å². The van der Waals surface area contributed by atoms with Gasteiger partial charge in [-0.1, -0.05) is 11.6 Å². The van der Waals surface area contributed by atoms with Crippen LogP contribution in [0.5, 0.6) is 0 Å². The number of hydrogen-bond acceptors (Lipinski definition) is 5. The van der Waals surface area contributed by atoms with Crippen molar-refractivity contribution in [1.82, 2.24) is 0 Å². The van der Waals surface area contributed by atoms with Gasteiger partial charge in [0, 0.05) is 16.3 Å². The average Bonchev–Trinajstić information content (AvgIpc) is 2.30. The number of thioether (sulfide) groups is 1. The van der Waals surface area contributed by atoms with Crippen LogP contribution >= 0.6 is 23.4 Å². The van der Waals surface area contributed by atoms with Crippen molar-refractivity contribution in [2.75, 3.05) is 18.6 Å². The summed E-state index contributed by atoms with van der Waals surface area (Å²) in [5.74, 6) is -0.490. The first kappa shape index (κ1) is 14.7. The molecule has 0 aromatic heterocycles. The second kappa shape index (κ2) is 6.51. The van der Waals surface area contributed by atoms with E-state index in [0.29, 0.717) is 21.4 Å². The fraction of sp³-hybridized carbons (Fsp3) is 0.273. The fourth-order valence-electron chi connectivity index (χ4n) is 1.28. The molecule has 0 heterocycles. The number of halogens is 1. The van der Waals surface area contributed by atoms with Gasteiger partial charge in [0.15, 0.2) is 0 Å². The van der Waals surface area contributed by atoms with E-state index in [4.69, 9.17) is 23.1 Å². The van der Waals surface area contributed by atoms with E-state index >= 15 is 0 Å². The number of esters is 1. The molecule has 0 unspecified atom stereocenters. The van der Waals surface area contributed by atoms with Crippen LogP contribution in [0.15, 0.2) is 17.0 Å². The van der Waals surface area contributed by atoms with Crippen molar-refractivity contribution in [2.45, 2.75) is 11.3 Å². The predicted octanol–water partition coefficient (Wildman–Crippen LogP) is 1.68. The predicted molar refractivity (Wildman–Crippen MR) is 71.7 cm³/mol. The number of hydrogen-bond donors (Lipinski definition) is 2. The molecule has 0 atom stereocenters. The molecule has 0 spiro atoms. The molecule has 0 fully saturated rings. The first-order chi connectivity index (χ1) is 8.45. The highest BCUT2D eigenvalue weighted by Gasteiger charge is 2.14. The minimum absolute atomic E-state index is 0.222. The van der Waals surface area contributed by atoms with Crippen molar-refractivity contribution >= 4 is 40.9 Å². The van der Waals surface area contributed by atoms with Crippen molar-refractivity contribution in [3.63, 3.8) is 0 Å². The van der Waals surface area contributed by atoms with Gasteiger partial charge in [-0.2, -0.15) is 0 Å². The van der Waals surface area contributed by atoms with Crippen molar-refractivity contribution in [3.8, 4) is 0 Å². The van der Waals surface area contributed by atoms with Gasteiger partial charge >= 0.3 is 5.97 Å². The summed E-state index contributed by atoms with van der Waals surface area (Å²) in [5.41, 5.74) is 11.5. The van der Waals surface area contributed by atoms with Crippen molar-refractivity contribution in [1.29, 1.82) is 0 Å². The van der Waals surface area contributed by atoms with Crippen LogP contribution < -0.4 is 11.5 Å². The molecule has 0 aliphatic carbocycles. The molecule has 18 heavy (non-hydrogen) atoms. The van der Waals surface area contributed by atoms with E-state index in [1.165, 1.54) is 31.0 Å². The lowest BCUT2D eigenvalue weighted by molar-refractivity contribution is -0.140. The largest absolute Gasteiger partial charge is 0.469 e. The molecule has 1 aromatic rings. The Balaban J connectivity index is 2.87. The van der Waals surface area contributed by atoms with E-state index in [-0.39, 0.29) is 18.0 Å². The van der Waals surface area contributed by atoms with Crippen LogP contribution in [-0.4, -0.2) is 24.7 Å². The lowest BCUT2D eigenvalue weighted by atomic mass is 10.2. The number of amides is 1. The van der Waals surface area contributed by atoms with Gasteiger partial charge in [-0.05, 0) is 12.1 Å². The van der Waals surface area contributed by atoms with Gasteiger partial charge in [-0.3, -0.25) is 9.59 Å². The molecule has 1 amide bonds. The maximum Gasteiger partial charge on any atom is 0.306 e. The Bertz CT molecular complexity index is 480. The molecule has 0 bridgehead atoms. The monoisotopic (exact) mass is 288 g/mol. The molecule has 1 rings (SSSR count). The number of carbonyl (C=O) groups excluding carboxylic acids is 2. The number of methoxy groups -OCH3 is 1. The lowest BCUT2D eigenvalue weighted by Crippen LogP contribution is -2.13. The van der Waals surface area contributed by atoms with Crippen LogP contribution in [0.1, 0.15) is 16.8 Å². The molecule has 0 aliphatic heterocycles. The molecular formula is C11H13ClN2O3S. The summed E-state index contributed by atoms with van der Waals surface area (Å²) in [6, 6.07) is 3.00. The third kappa shape index (κ3) is 3.82. The van der Waals surface area contributed by atoms with Gasteiger partial charge in [-0.25, -0.2) is 0 Å². The molecule has 0 radical (unpaired) electrons. The topological polar surface area (TPSA) is 95.4 Å². The Kier molecular flexibility index (Phi) is 5.30. The Morgan fingerprint density at radius 2 is 2.11 bits per heavy atom. The normalized spacial score (nSPS) is 10.1. The second-order valence-electron chi connectivity index (χ2n) is 3.42. The number of carbonyl (C=O) groups is 2. The zero-order chi connectivity index (χ0) is 13.7. The summed E-state index contributed by atoms with van der Waals surface area (Å²) in [5, 5.41) is 0.346. The second-order valence-corrected chi connectivity index (χ2v) is 4.93. The molecule has 0 saturated carbocycles. The van der Waals surface area contributed by atoms with E-state index in [1.807, 2.05) is 0 Å². The van der Waals surface area contributed by atoms with Gasteiger partial charge in [0.25, 0.3) is 0 Å². The highest BCUT2D eigenvalue weighted by molar-refractivity contribution is 7.99. The Hall–Kier alpha value is -1.40. The van der Waals surface area contributed by atoms with Crippen molar-refractivity contribution in [2.24, 2.45) is 5.73 Å². The SMILES string of the molecule is COC(=O)CCSc1c(Cl)cc(N)cc1C(N)=O. The minimum Gasteiger partial charge on any atom is -0.469 e. The number of benzene rings is 1. The van der Waals surface area contributed by atoms with Gasteiger partial charge in [-0.15, -0.1) is 11.8 Å². The van der Waals surface area contributed by atoms with Gasteiger partial charge in [0.05, 0.1) is 24.1 Å². The number of ether oxygens (including phenoxy) is 1. The highest BCUT2D eigenvalue weighted by atomic mass is 35.5. The first-order valence-corrected chi connectivity index (χ1v) is 6.40. The molecule has 0 aliphatic rings. The molecule has 5 nitrogen and oxygen atoms in total. The fourth-order valence-corrected chi connectivity index (χ4v) is 2.66. The van der Waals surface area contributed by atoms with E-state index in [9.17, 15) is 9.59 Å². The van der Waals surface area contributed by atoms with E-state index < -0.39 is 5.91 Å². The van der Waals surface area contributed by atoms with Crippen LogP contribution in [0.3, 0.4) is 0 Å². The standard InChI is InChI=1S/C11H13ClN2O3S/c1-17-9(15)2-3-18-10-7(11(14)16)4-6(13)5-8(10)12/h4-5H,2-3,13H2,1H3,(H2,14,16). The number of nitrogen functional groups attached to an aromatic ring is 1. The summed E-state index contributed by atoms with van der Waals surface area (Å²) in [7, 11) is 1.32. The van der Waals surface area contributed by atoms with Gasteiger partial charge in [0.1, 0.15) is 0 Å². The van der Waals surface area contributed by atoms with Crippen LogP contribution in [0.4, 0.5) is 5.69 Å². The highest BCUT2D eigenvalue weighted by Crippen LogP contribution is 2.33. The molecule has 7 heteroatoms. The first-order valence-electron chi connectivity index (χ1n) is 5.04. The summed E-state index contributed by atoms with van der Waals surface area (Å²) in [4.78, 5) is 22.8. The van der Waals surface area contributed by atoms with Crippen LogP contribution in [-0.2, 0) is 9.53 Å². The Labute approximate surface area is 114 Å². The zero-order valence-electron chi connectivity index (χ0n) is 9.73. The Morgan fingerprint density at radius 1 is 1.44 bits per heavy atom. The maximum atomic E-state index is 11.3. The van der Waals surface area contributed by atoms with Gasteiger partial charge < -0.3 is 16.2 Å². The minimum atomic E-state index is -0.607.